The summed E-state index contributed by atoms with van der Waals surface area (Å²) in [5.41, 5.74) is -0.584. The molecule has 5 nitrogen and oxygen atoms in total. The molecule has 0 saturated heterocycles. The third-order valence-electron chi connectivity index (χ3n) is 4.82. The first kappa shape index (κ1) is 26.9. The number of ketones is 1. The van der Waals surface area contributed by atoms with E-state index >= 15 is 0 Å². The lowest BCUT2D eigenvalue weighted by atomic mass is 10.0. The van der Waals surface area contributed by atoms with Crippen molar-refractivity contribution >= 4 is 11.9 Å². The zero-order valence-electron chi connectivity index (χ0n) is 19.0. The average molecular weight is 400 g/mol. The summed E-state index contributed by atoms with van der Waals surface area (Å²) in [6.07, 6.45) is 12.9. The molecule has 0 aromatic heterocycles. The van der Waals surface area contributed by atoms with Crippen molar-refractivity contribution in [2.75, 3.05) is 0 Å². The number of carbonyl (C=O) groups excluding carboxylic acids is 2. The zero-order chi connectivity index (χ0) is 21.4. The van der Waals surface area contributed by atoms with Crippen LogP contribution < -0.4 is 5.32 Å². The van der Waals surface area contributed by atoms with Gasteiger partial charge in [-0.05, 0) is 34.1 Å². The number of aliphatic hydroxyl groups excluding tert-OH is 1. The first-order valence-corrected chi connectivity index (χ1v) is 11.3. The van der Waals surface area contributed by atoms with E-state index in [1.165, 1.54) is 57.8 Å². The second-order valence-corrected chi connectivity index (χ2v) is 9.03. The van der Waals surface area contributed by atoms with Crippen molar-refractivity contribution in [3.63, 3.8) is 0 Å². The summed E-state index contributed by atoms with van der Waals surface area (Å²) in [7, 11) is 0. The Morgan fingerprint density at radius 3 is 1.82 bits per heavy atom. The van der Waals surface area contributed by atoms with Gasteiger partial charge in [-0.2, -0.15) is 0 Å². The minimum atomic E-state index is -0.882. The van der Waals surface area contributed by atoms with Crippen molar-refractivity contribution in [1.29, 1.82) is 0 Å². The van der Waals surface area contributed by atoms with Gasteiger partial charge >= 0.3 is 6.09 Å². The number of hydrogen-bond acceptors (Lipinski definition) is 4. The van der Waals surface area contributed by atoms with E-state index in [1.807, 2.05) is 0 Å². The molecule has 5 heteroatoms. The predicted molar refractivity (Wildman–Crippen MR) is 116 cm³/mol. The number of amides is 1. The molecule has 0 aromatic rings. The van der Waals surface area contributed by atoms with Crippen molar-refractivity contribution in [3.8, 4) is 0 Å². The van der Waals surface area contributed by atoms with E-state index in [2.05, 4.69) is 12.2 Å². The minimum Gasteiger partial charge on any atom is -0.444 e. The molecular weight excluding hydrogens is 354 g/mol. The summed E-state index contributed by atoms with van der Waals surface area (Å²) in [4.78, 5) is 23.7. The van der Waals surface area contributed by atoms with Gasteiger partial charge in [0.25, 0.3) is 0 Å². The van der Waals surface area contributed by atoms with Crippen LogP contribution in [0, 0.1) is 0 Å². The Morgan fingerprint density at radius 1 is 0.893 bits per heavy atom. The van der Waals surface area contributed by atoms with Crippen LogP contribution in [-0.4, -0.2) is 34.7 Å². The summed E-state index contributed by atoms with van der Waals surface area (Å²) in [5, 5.41) is 12.7. The molecule has 0 aliphatic heterocycles. The number of hydrogen-bond donors (Lipinski definition) is 2. The van der Waals surface area contributed by atoms with E-state index in [4.69, 9.17) is 4.74 Å². The van der Waals surface area contributed by atoms with Gasteiger partial charge in [0.1, 0.15) is 11.4 Å². The fourth-order valence-electron chi connectivity index (χ4n) is 3.09. The van der Waals surface area contributed by atoms with Gasteiger partial charge in [0.05, 0.1) is 12.1 Å². The van der Waals surface area contributed by atoms with E-state index in [-0.39, 0.29) is 12.2 Å². The largest absolute Gasteiger partial charge is 0.444 e. The smallest absolute Gasteiger partial charge is 0.407 e. The molecular formula is C23H45NO4. The molecule has 0 saturated carbocycles. The molecule has 0 unspecified atom stereocenters. The van der Waals surface area contributed by atoms with Crippen LogP contribution in [0.15, 0.2) is 0 Å². The lowest BCUT2D eigenvalue weighted by Gasteiger charge is -2.24. The molecule has 2 atom stereocenters. The van der Waals surface area contributed by atoms with Gasteiger partial charge < -0.3 is 15.2 Å². The van der Waals surface area contributed by atoms with Crippen LogP contribution in [0.5, 0.6) is 0 Å². The van der Waals surface area contributed by atoms with Crippen molar-refractivity contribution in [3.05, 3.63) is 0 Å². The van der Waals surface area contributed by atoms with Crippen LogP contribution in [0.25, 0.3) is 0 Å². The molecule has 0 fully saturated rings. The molecule has 0 aliphatic rings. The molecule has 0 spiro atoms. The first-order valence-electron chi connectivity index (χ1n) is 11.3. The van der Waals surface area contributed by atoms with E-state index < -0.39 is 23.8 Å². The zero-order valence-corrected chi connectivity index (χ0v) is 19.0. The molecule has 0 aliphatic carbocycles. The van der Waals surface area contributed by atoms with Crippen LogP contribution >= 0.6 is 0 Å². The SMILES string of the molecule is CCCCCCCCCCCCCC(=O)C[C@H](O)[C@H](C)NC(=O)OC(C)(C)C. The maximum atomic E-state index is 12.0. The lowest BCUT2D eigenvalue weighted by molar-refractivity contribution is -0.121. The van der Waals surface area contributed by atoms with E-state index in [1.54, 1.807) is 27.7 Å². The first-order chi connectivity index (χ1) is 13.2. The molecule has 28 heavy (non-hydrogen) atoms. The fraction of sp³-hybridized carbons (Fsp3) is 0.913. The molecule has 0 heterocycles. The molecule has 2 N–H and O–H groups in total. The fourth-order valence-corrected chi connectivity index (χ4v) is 3.09. The number of ether oxygens (including phenoxy) is 1. The Balaban J connectivity index is 3.68. The van der Waals surface area contributed by atoms with Crippen LogP contribution in [-0.2, 0) is 9.53 Å². The van der Waals surface area contributed by atoms with Crippen molar-refractivity contribution in [2.45, 2.75) is 136 Å². The second-order valence-electron chi connectivity index (χ2n) is 9.03. The highest BCUT2D eigenvalue weighted by Gasteiger charge is 2.22. The number of Topliss-reactive ketones (excluding diaryl/α,β-unsaturated/α-hetero) is 1. The Morgan fingerprint density at radius 2 is 1.36 bits per heavy atom. The number of rotatable bonds is 16. The Bertz CT molecular complexity index is 417. The van der Waals surface area contributed by atoms with Gasteiger partial charge in [0.2, 0.25) is 0 Å². The third kappa shape index (κ3) is 17.0. The minimum absolute atomic E-state index is 0.0567. The number of unbranched alkanes of at least 4 members (excludes halogenated alkanes) is 10. The highest BCUT2D eigenvalue weighted by Crippen LogP contribution is 2.13. The number of aliphatic hydroxyl groups is 1. The van der Waals surface area contributed by atoms with Crippen molar-refractivity contribution in [2.24, 2.45) is 0 Å². The summed E-state index contributed by atoms with van der Waals surface area (Å²) >= 11 is 0. The number of carbonyl (C=O) groups is 2. The molecule has 166 valence electrons. The summed E-state index contributed by atoms with van der Waals surface area (Å²) < 4.78 is 5.16. The molecule has 0 radical (unpaired) electrons. The van der Waals surface area contributed by atoms with E-state index in [0.29, 0.717) is 6.42 Å². The lowest BCUT2D eigenvalue weighted by Crippen LogP contribution is -2.44. The normalized spacial score (nSPS) is 13.8. The standard InChI is InChI=1S/C23H45NO4/c1-6-7-8-9-10-11-12-13-14-15-16-17-20(25)18-21(26)19(2)24-22(27)28-23(3,4)5/h19,21,26H,6-18H2,1-5H3,(H,24,27)/t19-,21-/m0/s1. The average Bonchev–Trinajstić information content (AvgIpc) is 2.57. The molecule has 0 rings (SSSR count). The van der Waals surface area contributed by atoms with Crippen molar-refractivity contribution in [1.82, 2.24) is 5.32 Å². The second kappa shape index (κ2) is 15.8. The Kier molecular flexibility index (Phi) is 15.2. The molecule has 0 aromatic carbocycles. The van der Waals surface area contributed by atoms with E-state index in [0.717, 1.165) is 12.8 Å². The number of alkyl carbamates (subject to hydrolysis) is 1. The van der Waals surface area contributed by atoms with Gasteiger partial charge in [0.15, 0.2) is 0 Å². The Hall–Kier alpha value is -1.10. The van der Waals surface area contributed by atoms with Crippen LogP contribution in [0.1, 0.15) is 118 Å². The molecule has 0 bridgehead atoms. The maximum absolute atomic E-state index is 12.0. The highest BCUT2D eigenvalue weighted by atomic mass is 16.6. The summed E-state index contributed by atoms with van der Waals surface area (Å²) in [6.45, 7) is 9.28. The van der Waals surface area contributed by atoms with Gasteiger partial charge in [-0.1, -0.05) is 71.1 Å². The maximum Gasteiger partial charge on any atom is 0.407 e. The number of nitrogens with one attached hydrogen (secondary N) is 1. The monoisotopic (exact) mass is 399 g/mol. The van der Waals surface area contributed by atoms with Crippen LogP contribution in [0.3, 0.4) is 0 Å². The summed E-state index contributed by atoms with van der Waals surface area (Å²) in [6, 6.07) is -0.517. The quantitative estimate of drug-likeness (QED) is 0.316. The van der Waals surface area contributed by atoms with Crippen molar-refractivity contribution < 1.29 is 19.4 Å². The molecule has 1 amide bonds. The van der Waals surface area contributed by atoms with Gasteiger partial charge in [-0.25, -0.2) is 4.79 Å². The van der Waals surface area contributed by atoms with Crippen LogP contribution in [0.4, 0.5) is 4.79 Å². The summed E-state index contributed by atoms with van der Waals surface area (Å²) in [5.74, 6) is 0.0567. The topological polar surface area (TPSA) is 75.6 Å². The third-order valence-corrected chi connectivity index (χ3v) is 4.82. The predicted octanol–water partition coefficient (Wildman–Crippen LogP) is 5.92. The van der Waals surface area contributed by atoms with Gasteiger partial charge in [-0.15, -0.1) is 0 Å². The van der Waals surface area contributed by atoms with Gasteiger partial charge in [-0.3, -0.25) is 4.79 Å². The van der Waals surface area contributed by atoms with Crippen LogP contribution in [0.2, 0.25) is 0 Å². The Labute approximate surface area is 173 Å². The van der Waals surface area contributed by atoms with E-state index in [9.17, 15) is 14.7 Å². The van der Waals surface area contributed by atoms with Gasteiger partial charge in [0, 0.05) is 12.8 Å². The highest BCUT2D eigenvalue weighted by molar-refractivity contribution is 5.79.